The predicted octanol–water partition coefficient (Wildman–Crippen LogP) is 4.38. The fourth-order valence-corrected chi connectivity index (χ4v) is 3.26. The van der Waals surface area contributed by atoms with E-state index >= 15 is 0 Å². The van der Waals surface area contributed by atoms with E-state index in [1.165, 1.54) is 37.7 Å². The van der Waals surface area contributed by atoms with Gasteiger partial charge >= 0.3 is 12.1 Å². The van der Waals surface area contributed by atoms with E-state index in [1.54, 1.807) is 20.8 Å². The summed E-state index contributed by atoms with van der Waals surface area (Å²) in [5, 5.41) is 2.48. The van der Waals surface area contributed by atoms with Gasteiger partial charge in [-0.2, -0.15) is 0 Å². The third kappa shape index (κ3) is 7.71. The number of hydrogen-bond donors (Lipinski definition) is 1. The summed E-state index contributed by atoms with van der Waals surface area (Å²) >= 11 is 0. The van der Waals surface area contributed by atoms with E-state index in [9.17, 15) is 14.4 Å². The molecule has 154 valence electrons. The molecule has 0 heterocycles. The van der Waals surface area contributed by atoms with Gasteiger partial charge in [-0.3, -0.25) is 9.59 Å². The van der Waals surface area contributed by atoms with Crippen molar-refractivity contribution in [3.05, 3.63) is 35.4 Å². The lowest BCUT2D eigenvalue weighted by Crippen LogP contribution is -2.33. The average Bonchev–Trinajstić information content (AvgIpc) is 2.65. The summed E-state index contributed by atoms with van der Waals surface area (Å²) in [6, 6.07) is 7.64. The molecule has 0 saturated heterocycles. The minimum Gasteiger partial charge on any atom is -0.457 e. The third-order valence-corrected chi connectivity index (χ3v) is 4.67. The summed E-state index contributed by atoms with van der Waals surface area (Å²) in [4.78, 5) is 35.4. The molecule has 1 aliphatic rings. The number of hydrogen-bond acceptors (Lipinski definition) is 5. The summed E-state index contributed by atoms with van der Waals surface area (Å²) in [7, 11) is 0. The van der Waals surface area contributed by atoms with Gasteiger partial charge in [0.05, 0.1) is 6.42 Å². The van der Waals surface area contributed by atoms with Gasteiger partial charge in [0.2, 0.25) is 0 Å². The van der Waals surface area contributed by atoms with Crippen molar-refractivity contribution in [2.75, 3.05) is 13.2 Å². The summed E-state index contributed by atoms with van der Waals surface area (Å²) in [6.07, 6.45) is 5.66. The lowest BCUT2D eigenvalue weighted by molar-refractivity contribution is -0.142. The van der Waals surface area contributed by atoms with Crippen LogP contribution in [0.25, 0.3) is 0 Å². The van der Waals surface area contributed by atoms with Crippen LogP contribution in [-0.2, 0) is 14.3 Å². The highest BCUT2D eigenvalue weighted by Gasteiger charge is 2.17. The maximum Gasteiger partial charge on any atom is 0.407 e. The van der Waals surface area contributed by atoms with Crippen LogP contribution in [0.5, 0.6) is 0 Å². The average molecular weight is 389 g/mol. The monoisotopic (exact) mass is 389 g/mol. The molecular weight excluding hydrogens is 358 g/mol. The molecule has 1 aromatic rings. The Labute approximate surface area is 167 Å². The van der Waals surface area contributed by atoms with E-state index in [-0.39, 0.29) is 25.4 Å². The number of amides is 1. The van der Waals surface area contributed by atoms with Crippen molar-refractivity contribution < 1.29 is 23.9 Å². The summed E-state index contributed by atoms with van der Waals surface area (Å²) < 4.78 is 10.1. The number of Topliss-reactive ketones (excluding diaryl/α,β-unsaturated/α-hetero) is 1. The molecule has 6 nitrogen and oxygen atoms in total. The molecule has 0 atom stereocenters. The van der Waals surface area contributed by atoms with Crippen molar-refractivity contribution in [1.29, 1.82) is 0 Å². The van der Waals surface area contributed by atoms with Crippen LogP contribution in [0.4, 0.5) is 4.79 Å². The predicted molar refractivity (Wildman–Crippen MR) is 106 cm³/mol. The van der Waals surface area contributed by atoms with Crippen molar-refractivity contribution in [3.8, 4) is 0 Å². The van der Waals surface area contributed by atoms with Crippen LogP contribution in [0.3, 0.4) is 0 Å². The number of esters is 1. The second-order valence-corrected chi connectivity index (χ2v) is 8.22. The molecule has 0 radical (unpaired) electrons. The van der Waals surface area contributed by atoms with Gasteiger partial charge in [-0.25, -0.2) is 4.79 Å². The molecule has 1 aliphatic carbocycles. The Morgan fingerprint density at radius 2 is 1.68 bits per heavy atom. The van der Waals surface area contributed by atoms with Crippen molar-refractivity contribution in [1.82, 2.24) is 5.32 Å². The second kappa shape index (κ2) is 10.2. The van der Waals surface area contributed by atoms with E-state index in [1.807, 2.05) is 24.3 Å². The smallest absolute Gasteiger partial charge is 0.407 e. The fourth-order valence-electron chi connectivity index (χ4n) is 3.26. The molecule has 0 unspecified atom stereocenters. The van der Waals surface area contributed by atoms with E-state index < -0.39 is 17.7 Å². The Bertz CT molecular complexity index is 669. The zero-order valence-electron chi connectivity index (χ0n) is 17.1. The Morgan fingerprint density at radius 1 is 1.04 bits per heavy atom. The molecule has 1 N–H and O–H groups in total. The van der Waals surface area contributed by atoms with Crippen LogP contribution in [0.15, 0.2) is 24.3 Å². The highest BCUT2D eigenvalue weighted by atomic mass is 16.6. The first-order valence-electron chi connectivity index (χ1n) is 10.0. The number of nitrogens with one attached hydrogen (secondary N) is 1. The van der Waals surface area contributed by atoms with Crippen LogP contribution < -0.4 is 5.32 Å². The van der Waals surface area contributed by atoms with Crippen LogP contribution >= 0.6 is 0 Å². The van der Waals surface area contributed by atoms with Crippen LogP contribution in [0.2, 0.25) is 0 Å². The van der Waals surface area contributed by atoms with Crippen LogP contribution in [0.1, 0.15) is 81.1 Å². The first kappa shape index (κ1) is 21.9. The molecule has 28 heavy (non-hydrogen) atoms. The van der Waals surface area contributed by atoms with E-state index in [0.29, 0.717) is 11.5 Å². The lowest BCUT2D eigenvalue weighted by Gasteiger charge is -2.22. The Morgan fingerprint density at radius 3 is 2.29 bits per heavy atom. The topological polar surface area (TPSA) is 81.7 Å². The van der Waals surface area contributed by atoms with E-state index in [4.69, 9.17) is 9.47 Å². The van der Waals surface area contributed by atoms with Gasteiger partial charge in [-0.05, 0) is 45.1 Å². The molecule has 1 saturated carbocycles. The quantitative estimate of drug-likeness (QED) is 0.553. The zero-order valence-corrected chi connectivity index (χ0v) is 17.1. The van der Waals surface area contributed by atoms with Gasteiger partial charge in [0.15, 0.2) is 12.4 Å². The summed E-state index contributed by atoms with van der Waals surface area (Å²) in [5.41, 5.74) is 1.23. The molecule has 1 fully saturated rings. The maximum atomic E-state index is 12.2. The van der Waals surface area contributed by atoms with Gasteiger partial charge in [-0.1, -0.05) is 43.5 Å². The summed E-state index contributed by atoms with van der Waals surface area (Å²) in [5.74, 6) is -0.180. The lowest BCUT2D eigenvalue weighted by atomic mass is 9.84. The normalized spacial score (nSPS) is 15.0. The minimum atomic E-state index is -0.594. The number of ether oxygens (including phenoxy) is 2. The number of carbonyl (C=O) groups excluding carboxylic acids is 3. The molecular formula is C22H31NO5. The van der Waals surface area contributed by atoms with Crippen molar-refractivity contribution in [2.24, 2.45) is 0 Å². The zero-order chi connectivity index (χ0) is 20.6. The molecule has 0 bridgehead atoms. The number of alkyl carbamates (subject to hydrolysis) is 1. The number of carbonyl (C=O) groups is 3. The molecule has 1 aromatic carbocycles. The minimum absolute atomic E-state index is 0.0207. The van der Waals surface area contributed by atoms with Crippen LogP contribution in [0, 0.1) is 0 Å². The molecule has 0 spiro atoms. The fraction of sp³-hybridized carbons (Fsp3) is 0.591. The first-order chi connectivity index (χ1) is 13.2. The number of rotatable bonds is 7. The Hall–Kier alpha value is -2.37. The van der Waals surface area contributed by atoms with Crippen molar-refractivity contribution in [2.45, 2.75) is 70.8 Å². The Kier molecular flexibility index (Phi) is 8.03. The largest absolute Gasteiger partial charge is 0.457 e. The SMILES string of the molecule is CC(C)(C)OC(=O)NCCC(=O)OCC(=O)c1ccc(C2CCCCC2)cc1. The van der Waals surface area contributed by atoms with Gasteiger partial charge in [-0.15, -0.1) is 0 Å². The van der Waals surface area contributed by atoms with E-state index in [0.717, 1.165) is 0 Å². The molecule has 6 heteroatoms. The highest BCUT2D eigenvalue weighted by Crippen LogP contribution is 2.32. The van der Waals surface area contributed by atoms with Crippen molar-refractivity contribution >= 4 is 17.8 Å². The van der Waals surface area contributed by atoms with Gasteiger partial charge < -0.3 is 14.8 Å². The van der Waals surface area contributed by atoms with Gasteiger partial charge in [0.1, 0.15) is 5.60 Å². The Balaban J connectivity index is 1.69. The molecule has 0 aliphatic heterocycles. The van der Waals surface area contributed by atoms with Crippen molar-refractivity contribution in [3.63, 3.8) is 0 Å². The standard InChI is InChI=1S/C22H31NO5/c1-22(2,3)28-21(26)23-14-13-20(25)27-15-19(24)18-11-9-17(10-12-18)16-7-5-4-6-8-16/h9-12,16H,4-8,13-15H2,1-3H3,(H,23,26). The molecule has 2 rings (SSSR count). The van der Waals surface area contributed by atoms with Gasteiger partial charge in [0, 0.05) is 12.1 Å². The van der Waals surface area contributed by atoms with Gasteiger partial charge in [0.25, 0.3) is 0 Å². The highest BCUT2D eigenvalue weighted by molar-refractivity contribution is 5.98. The first-order valence-corrected chi connectivity index (χ1v) is 10.0. The maximum absolute atomic E-state index is 12.2. The molecule has 1 amide bonds. The van der Waals surface area contributed by atoms with Crippen LogP contribution in [-0.4, -0.2) is 36.6 Å². The summed E-state index contributed by atoms with van der Waals surface area (Å²) in [6.45, 7) is 5.07. The molecule has 0 aromatic heterocycles. The second-order valence-electron chi connectivity index (χ2n) is 8.22. The number of ketones is 1. The number of benzene rings is 1. The third-order valence-electron chi connectivity index (χ3n) is 4.67. The van der Waals surface area contributed by atoms with E-state index in [2.05, 4.69) is 5.32 Å².